The third-order valence-electron chi connectivity index (χ3n) is 4.65. The summed E-state index contributed by atoms with van der Waals surface area (Å²) in [6.07, 6.45) is -0.172. The molecule has 1 aromatic carbocycles. The number of halogens is 1. The summed E-state index contributed by atoms with van der Waals surface area (Å²) in [5.41, 5.74) is 0.497. The molecule has 154 valence electrons. The largest absolute Gasteiger partial charge is 0.495 e. The Morgan fingerprint density at radius 1 is 1.21 bits per heavy atom. The van der Waals surface area contributed by atoms with Crippen LogP contribution in [0.2, 0.25) is 0 Å². The molecule has 0 aliphatic carbocycles. The van der Waals surface area contributed by atoms with Gasteiger partial charge >= 0.3 is 6.03 Å². The maximum atomic E-state index is 13.0. The van der Waals surface area contributed by atoms with Gasteiger partial charge in [-0.05, 0) is 40.8 Å². The Hall–Kier alpha value is -2.70. The van der Waals surface area contributed by atoms with Crippen molar-refractivity contribution in [3.8, 4) is 5.75 Å². The van der Waals surface area contributed by atoms with Crippen LogP contribution in [0.25, 0.3) is 0 Å². The Morgan fingerprint density at radius 3 is 2.59 bits per heavy atom. The van der Waals surface area contributed by atoms with Crippen LogP contribution in [0, 0.1) is 3.57 Å². The first-order valence-electron chi connectivity index (χ1n) is 8.79. The second-order valence-electron chi connectivity index (χ2n) is 6.58. The van der Waals surface area contributed by atoms with E-state index >= 15 is 0 Å². The molecule has 2 aliphatic heterocycles. The third-order valence-corrected chi connectivity index (χ3v) is 5.32. The first-order valence-corrected chi connectivity index (χ1v) is 9.87. The van der Waals surface area contributed by atoms with E-state index in [1.807, 2.05) is 6.07 Å². The lowest BCUT2D eigenvalue weighted by atomic mass is 10.2. The number of nitrogens with one attached hydrogen (secondary N) is 1. The summed E-state index contributed by atoms with van der Waals surface area (Å²) in [5, 5.41) is 2.40. The second kappa shape index (κ2) is 8.35. The smallest absolute Gasteiger partial charge is 0.332 e. The lowest BCUT2D eigenvalue weighted by molar-refractivity contribution is -0.143. The van der Waals surface area contributed by atoms with Gasteiger partial charge in [-0.3, -0.25) is 29.0 Å². The number of likely N-dealkylation sites (tertiary alicyclic amines) is 1. The van der Waals surface area contributed by atoms with E-state index in [9.17, 15) is 24.0 Å². The van der Waals surface area contributed by atoms with Crippen LogP contribution in [0.15, 0.2) is 18.2 Å². The summed E-state index contributed by atoms with van der Waals surface area (Å²) in [6.45, 7) is 0.903. The Labute approximate surface area is 180 Å². The highest BCUT2D eigenvalue weighted by atomic mass is 127. The minimum Gasteiger partial charge on any atom is -0.495 e. The highest BCUT2D eigenvalue weighted by Gasteiger charge is 2.43. The molecule has 2 heterocycles. The van der Waals surface area contributed by atoms with Gasteiger partial charge in [0.15, 0.2) is 0 Å². The van der Waals surface area contributed by atoms with Crippen molar-refractivity contribution in [3.63, 3.8) is 0 Å². The number of urea groups is 1. The van der Waals surface area contributed by atoms with E-state index in [2.05, 4.69) is 27.9 Å². The molecule has 0 spiro atoms. The fraction of sp³-hybridized carbons (Fsp3) is 0.389. The first kappa shape index (κ1) is 21.0. The van der Waals surface area contributed by atoms with Gasteiger partial charge in [0.05, 0.1) is 19.2 Å². The molecule has 0 saturated carbocycles. The molecule has 0 unspecified atom stereocenters. The number of methoxy groups -OCH3 is 1. The van der Waals surface area contributed by atoms with E-state index in [1.54, 1.807) is 12.1 Å². The van der Waals surface area contributed by atoms with Crippen molar-refractivity contribution in [2.75, 3.05) is 25.2 Å². The topological polar surface area (TPSA) is 116 Å². The fourth-order valence-electron chi connectivity index (χ4n) is 3.26. The van der Waals surface area contributed by atoms with E-state index in [0.29, 0.717) is 11.4 Å². The number of benzene rings is 1. The molecule has 29 heavy (non-hydrogen) atoms. The number of carbonyl (C=O) groups excluding carboxylic acids is 5. The minimum atomic E-state index is -0.984. The zero-order valence-corrected chi connectivity index (χ0v) is 18.0. The predicted molar refractivity (Wildman–Crippen MR) is 109 cm³/mol. The van der Waals surface area contributed by atoms with Gasteiger partial charge in [0.1, 0.15) is 18.5 Å². The quantitative estimate of drug-likeness (QED) is 0.457. The Kier molecular flexibility index (Phi) is 6.05. The Morgan fingerprint density at radius 2 is 1.93 bits per heavy atom. The van der Waals surface area contributed by atoms with Gasteiger partial charge < -0.3 is 10.1 Å². The molecule has 0 bridgehead atoms. The van der Waals surface area contributed by atoms with Gasteiger partial charge in [0.2, 0.25) is 17.7 Å². The van der Waals surface area contributed by atoms with E-state index in [1.165, 1.54) is 18.9 Å². The average Bonchev–Trinajstić information content (AvgIpc) is 2.91. The van der Waals surface area contributed by atoms with Crippen molar-refractivity contribution in [2.24, 2.45) is 0 Å². The van der Waals surface area contributed by atoms with Crippen LogP contribution in [0.3, 0.4) is 0 Å². The molecule has 11 heteroatoms. The Bertz CT molecular complexity index is 904. The van der Waals surface area contributed by atoms with Gasteiger partial charge in [-0.15, -0.1) is 0 Å². The maximum Gasteiger partial charge on any atom is 0.332 e. The number of ether oxygens (including phenoxy) is 1. The molecule has 3 rings (SSSR count). The summed E-state index contributed by atoms with van der Waals surface area (Å²) in [5.74, 6) is -1.67. The number of hydrogen-bond donors (Lipinski definition) is 1. The summed E-state index contributed by atoms with van der Waals surface area (Å²) in [7, 11) is 1.48. The van der Waals surface area contributed by atoms with E-state index in [0.717, 1.165) is 13.4 Å². The van der Waals surface area contributed by atoms with Gasteiger partial charge in [-0.1, -0.05) is 0 Å². The van der Waals surface area contributed by atoms with Crippen molar-refractivity contribution in [1.82, 2.24) is 15.1 Å². The average molecular weight is 514 g/mol. The van der Waals surface area contributed by atoms with Crippen LogP contribution in [0.5, 0.6) is 5.75 Å². The van der Waals surface area contributed by atoms with Crippen LogP contribution < -0.4 is 15.0 Å². The summed E-state index contributed by atoms with van der Waals surface area (Å²) < 4.78 is 6.20. The van der Waals surface area contributed by atoms with E-state index in [4.69, 9.17) is 4.74 Å². The number of carbonyl (C=O) groups is 5. The standard InChI is InChI=1S/C18H19IN4O6/c1-10(24)20-12-8-16(26)22(17(12)27)9-23-15(25)5-6-21(18(23)28)13-7-11(19)3-4-14(13)29-2/h3-4,7,12H,5-6,8-9H2,1-2H3,(H,20,24)/t12-/m0/s1. The molecule has 10 nitrogen and oxygen atoms in total. The highest BCUT2D eigenvalue weighted by molar-refractivity contribution is 14.1. The molecule has 2 fully saturated rings. The van der Waals surface area contributed by atoms with Crippen molar-refractivity contribution in [3.05, 3.63) is 21.8 Å². The number of imide groups is 2. The molecule has 0 aromatic heterocycles. The molecule has 1 N–H and O–H groups in total. The predicted octanol–water partition coefficient (Wildman–Crippen LogP) is 0.680. The van der Waals surface area contributed by atoms with Gasteiger partial charge in [-0.2, -0.15) is 0 Å². The van der Waals surface area contributed by atoms with Crippen LogP contribution in [0.1, 0.15) is 19.8 Å². The number of anilines is 1. The molecule has 2 saturated heterocycles. The first-order chi connectivity index (χ1) is 13.7. The van der Waals surface area contributed by atoms with Crippen molar-refractivity contribution in [2.45, 2.75) is 25.8 Å². The zero-order valence-electron chi connectivity index (χ0n) is 15.8. The van der Waals surface area contributed by atoms with Gasteiger partial charge in [0, 0.05) is 23.5 Å². The number of nitrogens with zero attached hydrogens (tertiary/aromatic N) is 3. The van der Waals surface area contributed by atoms with Gasteiger partial charge in [-0.25, -0.2) is 9.69 Å². The van der Waals surface area contributed by atoms with Crippen LogP contribution >= 0.6 is 22.6 Å². The number of amides is 6. The molecule has 1 aromatic rings. The van der Waals surface area contributed by atoms with Crippen molar-refractivity contribution in [1.29, 1.82) is 0 Å². The zero-order chi connectivity index (χ0) is 21.3. The fourth-order valence-corrected chi connectivity index (χ4v) is 3.73. The number of hydrogen-bond acceptors (Lipinski definition) is 6. The molecular weight excluding hydrogens is 495 g/mol. The van der Waals surface area contributed by atoms with Crippen LogP contribution in [0.4, 0.5) is 10.5 Å². The van der Waals surface area contributed by atoms with Gasteiger partial charge in [0.25, 0.3) is 5.91 Å². The summed E-state index contributed by atoms with van der Waals surface area (Å²) in [6, 6.07) is 3.66. The second-order valence-corrected chi connectivity index (χ2v) is 7.83. The van der Waals surface area contributed by atoms with Crippen molar-refractivity contribution < 1.29 is 28.7 Å². The Balaban J connectivity index is 1.83. The molecule has 1 atom stereocenters. The normalized spacial score (nSPS) is 19.8. The molecule has 0 radical (unpaired) electrons. The molecule has 6 amide bonds. The lowest BCUT2D eigenvalue weighted by Crippen LogP contribution is -2.57. The van der Waals surface area contributed by atoms with Crippen LogP contribution in [-0.4, -0.2) is 65.8 Å². The highest BCUT2D eigenvalue weighted by Crippen LogP contribution is 2.32. The van der Waals surface area contributed by atoms with Crippen molar-refractivity contribution >= 4 is 57.9 Å². The van der Waals surface area contributed by atoms with Crippen LogP contribution in [-0.2, 0) is 19.2 Å². The summed E-state index contributed by atoms with van der Waals surface area (Å²) in [4.78, 5) is 64.4. The van der Waals surface area contributed by atoms with E-state index in [-0.39, 0.29) is 19.4 Å². The molecule has 2 aliphatic rings. The third kappa shape index (κ3) is 4.18. The summed E-state index contributed by atoms with van der Waals surface area (Å²) >= 11 is 2.10. The molecular formula is C18H19IN4O6. The lowest BCUT2D eigenvalue weighted by Gasteiger charge is -2.36. The minimum absolute atomic E-state index is 0.0334. The maximum absolute atomic E-state index is 13.0. The SMILES string of the molecule is COc1ccc(I)cc1N1CCC(=O)N(CN2C(=O)C[C@H](NC(C)=O)C2=O)C1=O. The monoisotopic (exact) mass is 514 g/mol. The number of rotatable bonds is 5. The van der Waals surface area contributed by atoms with E-state index < -0.39 is 42.4 Å².